The van der Waals surface area contributed by atoms with Crippen LogP contribution in [0, 0.1) is 0 Å². The molecular formula is C15H28N2O3. The summed E-state index contributed by atoms with van der Waals surface area (Å²) >= 11 is 0. The quantitative estimate of drug-likeness (QED) is 0.674. The molecule has 0 spiro atoms. The molecule has 1 unspecified atom stereocenters. The Morgan fingerprint density at radius 2 is 1.65 bits per heavy atom. The first-order valence-electron chi connectivity index (χ1n) is 7.28. The van der Waals surface area contributed by atoms with Crippen molar-refractivity contribution >= 4 is 17.5 Å². The molecule has 5 heteroatoms. The third-order valence-electron chi connectivity index (χ3n) is 2.96. The van der Waals surface area contributed by atoms with Crippen LogP contribution >= 0.6 is 0 Å². The van der Waals surface area contributed by atoms with Gasteiger partial charge in [0.2, 0.25) is 5.91 Å². The summed E-state index contributed by atoms with van der Waals surface area (Å²) < 4.78 is 0. The Kier molecular flexibility index (Phi) is 8.30. The van der Waals surface area contributed by atoms with E-state index < -0.39 is 6.04 Å². The second-order valence-corrected chi connectivity index (χ2v) is 5.97. The minimum absolute atomic E-state index is 0.0296. The number of hydrogen-bond donors (Lipinski definition) is 2. The second-order valence-electron chi connectivity index (χ2n) is 5.97. The van der Waals surface area contributed by atoms with Crippen LogP contribution in [0.4, 0.5) is 0 Å². The van der Waals surface area contributed by atoms with Gasteiger partial charge in [-0.1, -0.05) is 13.8 Å². The van der Waals surface area contributed by atoms with E-state index in [-0.39, 0.29) is 29.6 Å². The molecule has 0 rings (SSSR count). The van der Waals surface area contributed by atoms with Crippen LogP contribution in [0.15, 0.2) is 0 Å². The van der Waals surface area contributed by atoms with Gasteiger partial charge in [0.25, 0.3) is 0 Å². The predicted molar refractivity (Wildman–Crippen MR) is 79.5 cm³/mol. The number of amides is 1. The number of hydrogen-bond acceptors (Lipinski definition) is 4. The number of carbonyl (C=O) groups is 3. The third-order valence-corrected chi connectivity index (χ3v) is 2.96. The Bertz CT molecular complexity index is 346. The highest BCUT2D eigenvalue weighted by Gasteiger charge is 2.20. The molecule has 0 fully saturated rings. The highest BCUT2D eigenvalue weighted by atomic mass is 16.2. The maximum Gasteiger partial charge on any atom is 0.234 e. The molecule has 2 N–H and O–H groups in total. The molecule has 5 nitrogen and oxygen atoms in total. The Balaban J connectivity index is 4.38. The van der Waals surface area contributed by atoms with Gasteiger partial charge in [-0.25, -0.2) is 0 Å². The zero-order valence-corrected chi connectivity index (χ0v) is 13.3. The smallest absolute Gasteiger partial charge is 0.234 e. The molecule has 0 heterocycles. The van der Waals surface area contributed by atoms with Gasteiger partial charge in [0.1, 0.15) is 5.78 Å². The van der Waals surface area contributed by atoms with E-state index in [2.05, 4.69) is 10.6 Å². The maximum atomic E-state index is 11.8. The van der Waals surface area contributed by atoms with Crippen LogP contribution in [0.3, 0.4) is 0 Å². The Labute approximate surface area is 121 Å². The van der Waals surface area contributed by atoms with Crippen LogP contribution in [0.2, 0.25) is 0 Å². The lowest BCUT2D eigenvalue weighted by Crippen LogP contribution is -2.48. The molecule has 0 aliphatic rings. The van der Waals surface area contributed by atoms with Gasteiger partial charge in [0.05, 0.1) is 12.6 Å². The molecule has 0 aromatic rings. The van der Waals surface area contributed by atoms with Crippen LogP contribution in [0.1, 0.15) is 60.3 Å². The number of nitrogens with one attached hydrogen (secondary N) is 2. The molecule has 0 saturated heterocycles. The van der Waals surface area contributed by atoms with Crippen LogP contribution in [-0.2, 0) is 14.4 Å². The van der Waals surface area contributed by atoms with Crippen molar-refractivity contribution < 1.29 is 14.4 Å². The first-order valence-corrected chi connectivity index (χ1v) is 7.28. The maximum absolute atomic E-state index is 11.8. The normalized spacial score (nSPS) is 12.8. The fraction of sp³-hybridized carbons (Fsp3) is 0.800. The Morgan fingerprint density at radius 1 is 1.05 bits per heavy atom. The third kappa shape index (κ3) is 8.80. The standard InChI is InChI=1S/C15H28N2O3/c1-6-11(18)8-9-12(13(19)7-2)17-14(20)10-16-15(3,4)5/h12,16H,6-10H2,1-5H3,(H,17,20). The van der Waals surface area contributed by atoms with Gasteiger partial charge < -0.3 is 10.6 Å². The average Bonchev–Trinajstić information content (AvgIpc) is 2.38. The summed E-state index contributed by atoms with van der Waals surface area (Å²) in [7, 11) is 0. The van der Waals surface area contributed by atoms with Gasteiger partial charge in [-0.05, 0) is 27.2 Å². The molecule has 0 aliphatic carbocycles. The van der Waals surface area contributed by atoms with Crippen molar-refractivity contribution in [1.82, 2.24) is 10.6 Å². The van der Waals surface area contributed by atoms with E-state index in [0.717, 1.165) is 0 Å². The van der Waals surface area contributed by atoms with E-state index in [9.17, 15) is 14.4 Å². The van der Waals surface area contributed by atoms with Crippen molar-refractivity contribution in [3.63, 3.8) is 0 Å². The van der Waals surface area contributed by atoms with Gasteiger partial charge >= 0.3 is 0 Å². The Hall–Kier alpha value is -1.23. The van der Waals surface area contributed by atoms with Gasteiger partial charge in [0.15, 0.2) is 5.78 Å². The number of carbonyl (C=O) groups excluding carboxylic acids is 3. The van der Waals surface area contributed by atoms with Crippen LogP contribution in [-0.4, -0.2) is 35.6 Å². The van der Waals surface area contributed by atoms with Crippen molar-refractivity contribution in [1.29, 1.82) is 0 Å². The second kappa shape index (κ2) is 8.84. The summed E-state index contributed by atoms with van der Waals surface area (Å²) in [6.07, 6.45) is 1.55. The largest absolute Gasteiger partial charge is 0.345 e. The minimum atomic E-state index is -0.551. The van der Waals surface area contributed by atoms with Crippen LogP contribution < -0.4 is 10.6 Å². The van der Waals surface area contributed by atoms with Crippen molar-refractivity contribution in [3.8, 4) is 0 Å². The molecule has 0 aromatic carbocycles. The number of ketones is 2. The molecule has 116 valence electrons. The summed E-state index contributed by atoms with van der Waals surface area (Å²) in [5.41, 5.74) is -0.153. The van der Waals surface area contributed by atoms with E-state index in [1.807, 2.05) is 20.8 Å². The average molecular weight is 284 g/mol. The molecular weight excluding hydrogens is 256 g/mol. The molecule has 0 radical (unpaired) electrons. The van der Waals surface area contributed by atoms with Crippen LogP contribution in [0.25, 0.3) is 0 Å². The molecule has 1 amide bonds. The molecule has 20 heavy (non-hydrogen) atoms. The molecule has 0 bridgehead atoms. The molecule has 0 saturated carbocycles. The highest BCUT2D eigenvalue weighted by Crippen LogP contribution is 2.04. The lowest BCUT2D eigenvalue weighted by atomic mass is 10.0. The topological polar surface area (TPSA) is 75.3 Å². The van der Waals surface area contributed by atoms with Gasteiger partial charge in [-0.2, -0.15) is 0 Å². The Morgan fingerprint density at radius 3 is 2.10 bits per heavy atom. The first kappa shape index (κ1) is 18.8. The lowest BCUT2D eigenvalue weighted by molar-refractivity contribution is -0.128. The highest BCUT2D eigenvalue weighted by molar-refractivity contribution is 5.90. The number of rotatable bonds is 9. The van der Waals surface area contributed by atoms with Crippen molar-refractivity contribution in [2.24, 2.45) is 0 Å². The summed E-state index contributed by atoms with van der Waals surface area (Å²) in [5, 5.41) is 5.79. The lowest BCUT2D eigenvalue weighted by Gasteiger charge is -2.22. The zero-order valence-electron chi connectivity index (χ0n) is 13.3. The summed E-state index contributed by atoms with van der Waals surface area (Å²) in [5.74, 6) is -0.130. The van der Waals surface area contributed by atoms with E-state index in [1.165, 1.54) is 0 Å². The summed E-state index contributed by atoms with van der Waals surface area (Å²) in [4.78, 5) is 35.0. The van der Waals surface area contributed by atoms with Gasteiger partial charge in [0, 0.05) is 24.8 Å². The summed E-state index contributed by atoms with van der Waals surface area (Å²) in [6.45, 7) is 9.62. The van der Waals surface area contributed by atoms with E-state index in [0.29, 0.717) is 25.7 Å². The molecule has 1 atom stereocenters. The van der Waals surface area contributed by atoms with Gasteiger partial charge in [-0.3, -0.25) is 14.4 Å². The van der Waals surface area contributed by atoms with Crippen molar-refractivity contribution in [2.45, 2.75) is 71.9 Å². The number of Topliss-reactive ketones (excluding diaryl/α,β-unsaturated/α-hetero) is 2. The van der Waals surface area contributed by atoms with Crippen LogP contribution in [0.5, 0.6) is 0 Å². The first-order chi connectivity index (χ1) is 9.19. The zero-order chi connectivity index (χ0) is 15.8. The monoisotopic (exact) mass is 284 g/mol. The SMILES string of the molecule is CCC(=O)CCC(NC(=O)CNC(C)(C)C)C(=O)CC. The van der Waals surface area contributed by atoms with E-state index >= 15 is 0 Å². The fourth-order valence-corrected chi connectivity index (χ4v) is 1.63. The van der Waals surface area contributed by atoms with E-state index in [1.54, 1.807) is 13.8 Å². The fourth-order valence-electron chi connectivity index (χ4n) is 1.63. The van der Waals surface area contributed by atoms with Gasteiger partial charge in [-0.15, -0.1) is 0 Å². The van der Waals surface area contributed by atoms with Crippen molar-refractivity contribution in [2.75, 3.05) is 6.54 Å². The van der Waals surface area contributed by atoms with E-state index in [4.69, 9.17) is 0 Å². The summed E-state index contributed by atoms with van der Waals surface area (Å²) in [6, 6.07) is -0.551. The molecule has 0 aromatic heterocycles. The van der Waals surface area contributed by atoms with Crippen molar-refractivity contribution in [3.05, 3.63) is 0 Å². The molecule has 0 aliphatic heterocycles. The predicted octanol–water partition coefficient (Wildman–Crippen LogP) is 1.60. The minimum Gasteiger partial charge on any atom is -0.345 e.